The SMILES string of the molecule is Cc1ccc(C(=O)N2CCCC(C(=O)NC(C)CN3CCOCC3)C2)cc1. The molecule has 2 heterocycles. The predicted octanol–water partition coefficient (Wildman–Crippen LogP) is 1.68. The molecule has 2 atom stereocenters. The smallest absolute Gasteiger partial charge is 0.253 e. The van der Waals surface area contributed by atoms with Crippen molar-refractivity contribution in [3.63, 3.8) is 0 Å². The molecule has 0 radical (unpaired) electrons. The van der Waals surface area contributed by atoms with E-state index in [4.69, 9.17) is 4.74 Å². The first-order valence-corrected chi connectivity index (χ1v) is 9.99. The zero-order valence-corrected chi connectivity index (χ0v) is 16.4. The fourth-order valence-corrected chi connectivity index (χ4v) is 3.83. The molecule has 2 aliphatic rings. The van der Waals surface area contributed by atoms with E-state index < -0.39 is 0 Å². The van der Waals surface area contributed by atoms with E-state index in [1.54, 1.807) is 0 Å². The van der Waals surface area contributed by atoms with Crippen molar-refractivity contribution in [1.82, 2.24) is 15.1 Å². The number of hydrogen-bond acceptors (Lipinski definition) is 4. The minimum absolute atomic E-state index is 0.0221. The standard InChI is InChI=1S/C21H31N3O3/c1-16-5-7-18(8-6-16)21(26)24-9-3-4-19(15-24)20(25)22-17(2)14-23-10-12-27-13-11-23/h5-8,17,19H,3-4,9-15H2,1-2H3,(H,22,25). The molecule has 148 valence electrons. The lowest BCUT2D eigenvalue weighted by atomic mass is 9.96. The average Bonchev–Trinajstić information content (AvgIpc) is 2.69. The number of aryl methyl sites for hydroxylation is 1. The van der Waals surface area contributed by atoms with E-state index in [-0.39, 0.29) is 23.8 Å². The van der Waals surface area contributed by atoms with Gasteiger partial charge in [-0.1, -0.05) is 17.7 Å². The summed E-state index contributed by atoms with van der Waals surface area (Å²) in [5.41, 5.74) is 1.83. The summed E-state index contributed by atoms with van der Waals surface area (Å²) in [7, 11) is 0. The summed E-state index contributed by atoms with van der Waals surface area (Å²) in [5, 5.41) is 3.14. The number of ether oxygens (including phenoxy) is 1. The zero-order valence-electron chi connectivity index (χ0n) is 16.4. The van der Waals surface area contributed by atoms with Crippen LogP contribution in [0.5, 0.6) is 0 Å². The summed E-state index contributed by atoms with van der Waals surface area (Å²) < 4.78 is 5.37. The predicted molar refractivity (Wildman–Crippen MR) is 105 cm³/mol. The Hall–Kier alpha value is -1.92. The molecule has 2 saturated heterocycles. The Kier molecular flexibility index (Phi) is 6.85. The fraction of sp³-hybridized carbons (Fsp3) is 0.619. The summed E-state index contributed by atoms with van der Waals surface area (Å²) in [6.07, 6.45) is 1.71. The molecule has 0 saturated carbocycles. The third kappa shape index (κ3) is 5.53. The Morgan fingerprint density at radius 2 is 1.89 bits per heavy atom. The Morgan fingerprint density at radius 3 is 2.59 bits per heavy atom. The highest BCUT2D eigenvalue weighted by Crippen LogP contribution is 2.19. The molecule has 1 aromatic carbocycles. The first-order chi connectivity index (χ1) is 13.0. The summed E-state index contributed by atoms with van der Waals surface area (Å²) in [5.74, 6) is -0.0358. The molecule has 27 heavy (non-hydrogen) atoms. The number of nitrogens with zero attached hydrogens (tertiary/aromatic N) is 2. The maximum atomic E-state index is 12.7. The largest absolute Gasteiger partial charge is 0.379 e. The van der Waals surface area contributed by atoms with E-state index in [0.29, 0.717) is 12.1 Å². The lowest BCUT2D eigenvalue weighted by Gasteiger charge is -2.34. The van der Waals surface area contributed by atoms with Crippen molar-refractivity contribution >= 4 is 11.8 Å². The maximum Gasteiger partial charge on any atom is 0.253 e. The van der Waals surface area contributed by atoms with Crippen LogP contribution < -0.4 is 5.32 Å². The first-order valence-electron chi connectivity index (χ1n) is 9.99. The number of hydrogen-bond donors (Lipinski definition) is 1. The van der Waals surface area contributed by atoms with Crippen LogP contribution in [0.3, 0.4) is 0 Å². The van der Waals surface area contributed by atoms with Gasteiger partial charge in [-0.15, -0.1) is 0 Å². The van der Waals surface area contributed by atoms with Crippen LogP contribution in [0.1, 0.15) is 35.7 Å². The van der Waals surface area contributed by atoms with Crippen molar-refractivity contribution in [1.29, 1.82) is 0 Å². The quantitative estimate of drug-likeness (QED) is 0.853. The summed E-state index contributed by atoms with van der Waals surface area (Å²) >= 11 is 0. The monoisotopic (exact) mass is 373 g/mol. The molecule has 3 rings (SSSR count). The first kappa shape index (κ1) is 19.8. The Bertz CT molecular complexity index is 641. The zero-order chi connectivity index (χ0) is 19.2. The lowest BCUT2D eigenvalue weighted by Crippen LogP contribution is -2.50. The Labute approximate surface area is 161 Å². The van der Waals surface area contributed by atoms with E-state index >= 15 is 0 Å². The van der Waals surface area contributed by atoms with Crippen LogP contribution in [-0.2, 0) is 9.53 Å². The van der Waals surface area contributed by atoms with Crippen molar-refractivity contribution in [3.8, 4) is 0 Å². The van der Waals surface area contributed by atoms with E-state index in [0.717, 1.165) is 57.8 Å². The van der Waals surface area contributed by atoms with Gasteiger partial charge in [0.25, 0.3) is 5.91 Å². The number of morpholine rings is 1. The minimum atomic E-state index is -0.125. The molecule has 1 aromatic rings. The number of benzene rings is 1. The highest BCUT2D eigenvalue weighted by molar-refractivity contribution is 5.94. The van der Waals surface area contributed by atoms with Crippen LogP contribution in [0, 0.1) is 12.8 Å². The van der Waals surface area contributed by atoms with Crippen LogP contribution in [-0.4, -0.2) is 73.6 Å². The lowest BCUT2D eigenvalue weighted by molar-refractivity contribution is -0.127. The molecule has 1 N–H and O–H groups in total. The average molecular weight is 373 g/mol. The molecule has 2 amide bonds. The van der Waals surface area contributed by atoms with Crippen LogP contribution >= 0.6 is 0 Å². The minimum Gasteiger partial charge on any atom is -0.379 e. The molecule has 6 nitrogen and oxygen atoms in total. The van der Waals surface area contributed by atoms with Gasteiger partial charge >= 0.3 is 0 Å². The molecule has 2 unspecified atom stereocenters. The maximum absolute atomic E-state index is 12.7. The number of nitrogens with one attached hydrogen (secondary N) is 1. The molecule has 0 spiro atoms. The van der Waals surface area contributed by atoms with Gasteiger partial charge in [0.2, 0.25) is 5.91 Å². The molecule has 0 aromatic heterocycles. The van der Waals surface area contributed by atoms with Crippen molar-refractivity contribution in [3.05, 3.63) is 35.4 Å². The van der Waals surface area contributed by atoms with Gasteiger partial charge < -0.3 is 15.0 Å². The van der Waals surface area contributed by atoms with E-state index in [1.165, 1.54) is 0 Å². The molecule has 2 aliphatic heterocycles. The summed E-state index contributed by atoms with van der Waals surface area (Å²) in [6, 6.07) is 7.74. The van der Waals surface area contributed by atoms with Gasteiger partial charge in [-0.3, -0.25) is 14.5 Å². The van der Waals surface area contributed by atoms with Crippen molar-refractivity contribution in [2.45, 2.75) is 32.7 Å². The Balaban J connectivity index is 1.51. The number of amides is 2. The molecule has 0 bridgehead atoms. The number of carbonyl (C=O) groups is 2. The third-order valence-corrected chi connectivity index (χ3v) is 5.40. The van der Waals surface area contributed by atoms with Gasteiger partial charge in [-0.2, -0.15) is 0 Å². The van der Waals surface area contributed by atoms with Crippen LogP contribution in [0.2, 0.25) is 0 Å². The van der Waals surface area contributed by atoms with E-state index in [9.17, 15) is 9.59 Å². The molecular formula is C21H31N3O3. The number of piperidine rings is 1. The van der Waals surface area contributed by atoms with Crippen molar-refractivity contribution in [2.75, 3.05) is 45.9 Å². The van der Waals surface area contributed by atoms with Gasteiger partial charge in [-0.25, -0.2) is 0 Å². The van der Waals surface area contributed by atoms with Gasteiger partial charge in [0.1, 0.15) is 0 Å². The highest BCUT2D eigenvalue weighted by Gasteiger charge is 2.29. The molecular weight excluding hydrogens is 342 g/mol. The van der Waals surface area contributed by atoms with E-state index in [1.807, 2.05) is 43.0 Å². The van der Waals surface area contributed by atoms with Gasteiger partial charge in [0.15, 0.2) is 0 Å². The van der Waals surface area contributed by atoms with Crippen LogP contribution in [0.15, 0.2) is 24.3 Å². The van der Waals surface area contributed by atoms with Crippen molar-refractivity contribution < 1.29 is 14.3 Å². The van der Waals surface area contributed by atoms with Crippen LogP contribution in [0.4, 0.5) is 0 Å². The second-order valence-corrected chi connectivity index (χ2v) is 7.78. The second-order valence-electron chi connectivity index (χ2n) is 7.78. The molecule has 0 aliphatic carbocycles. The van der Waals surface area contributed by atoms with Crippen LogP contribution in [0.25, 0.3) is 0 Å². The topological polar surface area (TPSA) is 61.9 Å². The second kappa shape index (κ2) is 9.33. The van der Waals surface area contributed by atoms with Gasteiger partial charge in [0, 0.05) is 44.3 Å². The normalized spacial score (nSPS) is 22.3. The number of carbonyl (C=O) groups excluding carboxylic acids is 2. The van der Waals surface area contributed by atoms with E-state index in [2.05, 4.69) is 10.2 Å². The van der Waals surface area contributed by atoms with Crippen molar-refractivity contribution in [2.24, 2.45) is 5.92 Å². The molecule has 2 fully saturated rings. The highest BCUT2D eigenvalue weighted by atomic mass is 16.5. The summed E-state index contributed by atoms with van der Waals surface area (Å²) in [4.78, 5) is 29.6. The summed E-state index contributed by atoms with van der Waals surface area (Å²) in [6.45, 7) is 9.49. The fourth-order valence-electron chi connectivity index (χ4n) is 3.83. The number of rotatable bonds is 5. The van der Waals surface area contributed by atoms with Gasteiger partial charge in [-0.05, 0) is 38.8 Å². The van der Waals surface area contributed by atoms with Gasteiger partial charge in [0.05, 0.1) is 19.1 Å². The molecule has 6 heteroatoms. The Morgan fingerprint density at radius 1 is 1.19 bits per heavy atom. The number of likely N-dealkylation sites (tertiary alicyclic amines) is 1. The third-order valence-electron chi connectivity index (χ3n) is 5.40.